The lowest BCUT2D eigenvalue weighted by Gasteiger charge is -2.19. The lowest BCUT2D eigenvalue weighted by Crippen LogP contribution is -2.26. The molecule has 0 N–H and O–H groups in total. The van der Waals surface area contributed by atoms with E-state index >= 15 is 0 Å². The third-order valence-electron chi connectivity index (χ3n) is 5.68. The summed E-state index contributed by atoms with van der Waals surface area (Å²) in [7, 11) is -2.62. The zero-order valence-corrected chi connectivity index (χ0v) is 21.1. The molecule has 0 spiro atoms. The Morgan fingerprint density at radius 1 is 0.889 bits per heavy atom. The van der Waals surface area contributed by atoms with Crippen LogP contribution in [0.1, 0.15) is 32.6 Å². The van der Waals surface area contributed by atoms with Gasteiger partial charge in [-0.1, -0.05) is 53.6 Å². The van der Waals surface area contributed by atoms with Gasteiger partial charge in [-0.3, -0.25) is 0 Å². The summed E-state index contributed by atoms with van der Waals surface area (Å²) in [5.74, 6) is 2.50. The quantitative estimate of drug-likeness (QED) is 0.211. The summed E-state index contributed by atoms with van der Waals surface area (Å²) in [6.07, 6.45) is 3.58. The Morgan fingerprint density at radius 2 is 1.50 bits per heavy atom. The van der Waals surface area contributed by atoms with Gasteiger partial charge in [-0.05, 0) is 61.7 Å². The first-order valence-electron chi connectivity index (χ1n) is 11.3. The lowest BCUT2D eigenvalue weighted by atomic mass is 10.1. The second-order valence-electron chi connectivity index (χ2n) is 8.33. The van der Waals surface area contributed by atoms with E-state index in [0.717, 1.165) is 21.0 Å². The van der Waals surface area contributed by atoms with Gasteiger partial charge < -0.3 is 9.30 Å². The molecule has 4 rings (SSSR count). The molecule has 3 aromatic carbocycles. The molecule has 7 heteroatoms. The van der Waals surface area contributed by atoms with Crippen LogP contribution in [0.3, 0.4) is 0 Å². The van der Waals surface area contributed by atoms with Crippen molar-refractivity contribution in [3.63, 3.8) is 0 Å². The lowest BCUT2D eigenvalue weighted by molar-refractivity contribution is 0.0600. The maximum absolute atomic E-state index is 13.6. The second kappa shape index (κ2) is 10.5. The third kappa shape index (κ3) is 5.35. The molecule has 0 unspecified atom stereocenters. The van der Waals surface area contributed by atoms with Crippen LogP contribution in [-0.4, -0.2) is 30.4 Å². The molecule has 6 nitrogen and oxygen atoms in total. The van der Waals surface area contributed by atoms with Crippen molar-refractivity contribution in [2.24, 2.45) is 0 Å². The molecular weight excluding hydrogens is 472 g/mol. The highest BCUT2D eigenvalue weighted by Gasteiger charge is 2.23. The molecule has 0 fully saturated rings. The molecule has 1 aromatic heterocycles. The van der Waals surface area contributed by atoms with Gasteiger partial charge in [0.2, 0.25) is 0 Å². The molecule has 0 aliphatic carbocycles. The van der Waals surface area contributed by atoms with E-state index < -0.39 is 16.0 Å². The number of ether oxygens (including phenoxy) is 1. The summed E-state index contributed by atoms with van der Waals surface area (Å²) in [4.78, 5) is 12.6. The van der Waals surface area contributed by atoms with Crippen molar-refractivity contribution >= 4 is 16.0 Å². The fourth-order valence-electron chi connectivity index (χ4n) is 3.68. The maximum atomic E-state index is 13.6. The zero-order chi connectivity index (χ0) is 25.7. The fraction of sp³-hybridized carbons (Fsp3) is 0.138. The zero-order valence-electron chi connectivity index (χ0n) is 20.3. The average Bonchev–Trinajstić information content (AvgIpc) is 3.41. The fourth-order valence-corrected chi connectivity index (χ4v) is 4.90. The van der Waals surface area contributed by atoms with Crippen LogP contribution < -0.4 is 0 Å². The van der Waals surface area contributed by atoms with E-state index in [-0.39, 0.29) is 11.4 Å². The standard InChI is InChI=1S/C29H26N2O4S/c1-22-9-13-24(14-10-22)21-31(36(33,34)26-15-11-23(2)12-16-26)20-17-25-7-6-8-27(29(32)35-3)28(25)30-18-4-5-19-30/h4-16,18-19H,21H2,1-3H3. The minimum absolute atomic E-state index is 0.0685. The first-order valence-corrected chi connectivity index (χ1v) is 12.7. The predicted molar refractivity (Wildman–Crippen MR) is 139 cm³/mol. The van der Waals surface area contributed by atoms with Crippen LogP contribution in [0, 0.1) is 25.8 Å². The van der Waals surface area contributed by atoms with E-state index in [4.69, 9.17) is 4.74 Å². The summed E-state index contributed by atoms with van der Waals surface area (Å²) >= 11 is 0. The number of sulfonamides is 1. The molecule has 0 aliphatic heterocycles. The molecule has 0 radical (unpaired) electrons. The number of rotatable bonds is 6. The van der Waals surface area contributed by atoms with Crippen molar-refractivity contribution in [2.45, 2.75) is 25.3 Å². The largest absolute Gasteiger partial charge is 0.465 e. The normalized spacial score (nSPS) is 10.9. The Morgan fingerprint density at radius 3 is 2.11 bits per heavy atom. The van der Waals surface area contributed by atoms with E-state index in [0.29, 0.717) is 16.8 Å². The maximum Gasteiger partial charge on any atom is 0.340 e. The predicted octanol–water partition coefficient (Wildman–Crippen LogP) is 5.08. The monoisotopic (exact) mass is 498 g/mol. The van der Waals surface area contributed by atoms with Crippen molar-refractivity contribution in [3.05, 3.63) is 119 Å². The smallest absolute Gasteiger partial charge is 0.340 e. The number of para-hydroxylation sites is 1. The Balaban J connectivity index is 1.84. The first kappa shape index (κ1) is 24.8. The number of aromatic nitrogens is 1. The van der Waals surface area contributed by atoms with Gasteiger partial charge in [-0.15, -0.1) is 0 Å². The van der Waals surface area contributed by atoms with E-state index in [2.05, 4.69) is 12.0 Å². The third-order valence-corrected chi connectivity index (χ3v) is 7.34. The highest BCUT2D eigenvalue weighted by Crippen LogP contribution is 2.22. The summed E-state index contributed by atoms with van der Waals surface area (Å²) in [5.41, 5.74) is 4.17. The van der Waals surface area contributed by atoms with Crippen molar-refractivity contribution < 1.29 is 17.9 Å². The van der Waals surface area contributed by atoms with Gasteiger partial charge in [-0.2, -0.15) is 0 Å². The van der Waals surface area contributed by atoms with Gasteiger partial charge in [0.25, 0.3) is 10.0 Å². The summed E-state index contributed by atoms with van der Waals surface area (Å²) in [6, 6.07) is 25.9. The Labute approximate surface area is 211 Å². The van der Waals surface area contributed by atoms with Crippen LogP contribution in [0.5, 0.6) is 0 Å². The van der Waals surface area contributed by atoms with Gasteiger partial charge in [0.15, 0.2) is 0 Å². The van der Waals surface area contributed by atoms with Crippen LogP contribution in [0.4, 0.5) is 0 Å². The van der Waals surface area contributed by atoms with Crippen molar-refractivity contribution in [2.75, 3.05) is 7.11 Å². The highest BCUT2D eigenvalue weighted by molar-refractivity contribution is 7.89. The molecule has 0 saturated carbocycles. The number of esters is 1. The summed E-state index contributed by atoms with van der Waals surface area (Å²) in [6.45, 7) is 3.94. The van der Waals surface area contributed by atoms with E-state index in [1.165, 1.54) is 7.11 Å². The van der Waals surface area contributed by atoms with Crippen molar-refractivity contribution in [1.29, 1.82) is 0 Å². The van der Waals surface area contributed by atoms with Crippen molar-refractivity contribution in [1.82, 2.24) is 8.87 Å². The molecule has 0 atom stereocenters. The number of aryl methyl sites for hydroxylation is 2. The number of carbonyl (C=O) groups is 1. The highest BCUT2D eigenvalue weighted by atomic mass is 32.2. The molecular formula is C29H26N2O4S. The van der Waals surface area contributed by atoms with Crippen LogP contribution in [0.2, 0.25) is 0 Å². The number of methoxy groups -OCH3 is 1. The number of carbonyl (C=O) groups excluding carboxylic acids is 1. The van der Waals surface area contributed by atoms with E-state index in [1.807, 2.05) is 50.2 Å². The minimum Gasteiger partial charge on any atom is -0.465 e. The van der Waals surface area contributed by atoms with E-state index in [1.54, 1.807) is 59.4 Å². The summed E-state index contributed by atoms with van der Waals surface area (Å²) < 4.78 is 35.1. The van der Waals surface area contributed by atoms with Crippen LogP contribution in [0.25, 0.3) is 5.69 Å². The molecule has 0 amide bonds. The topological polar surface area (TPSA) is 68.6 Å². The Hall–Kier alpha value is -4.28. The molecule has 1 heterocycles. The Kier molecular flexibility index (Phi) is 7.28. The second-order valence-corrected chi connectivity index (χ2v) is 10.2. The Bertz CT molecular complexity index is 1530. The van der Waals surface area contributed by atoms with Crippen LogP contribution >= 0.6 is 0 Å². The average molecular weight is 499 g/mol. The molecule has 0 bridgehead atoms. The number of nitrogens with zero attached hydrogens (tertiary/aromatic N) is 2. The van der Waals surface area contributed by atoms with Gasteiger partial charge in [-0.25, -0.2) is 17.5 Å². The van der Waals surface area contributed by atoms with Gasteiger partial charge in [0, 0.05) is 18.4 Å². The van der Waals surface area contributed by atoms with Crippen molar-refractivity contribution in [3.8, 4) is 17.7 Å². The number of benzene rings is 3. The first-order chi connectivity index (χ1) is 17.3. The minimum atomic E-state index is -3.93. The molecule has 36 heavy (non-hydrogen) atoms. The number of hydrogen-bond donors (Lipinski definition) is 0. The molecule has 0 aliphatic rings. The van der Waals surface area contributed by atoms with Crippen LogP contribution in [0.15, 0.2) is 96.2 Å². The summed E-state index contributed by atoms with van der Waals surface area (Å²) in [5, 5.41) is 0. The van der Waals surface area contributed by atoms with Gasteiger partial charge in [0.05, 0.1) is 35.4 Å². The van der Waals surface area contributed by atoms with Crippen LogP contribution in [-0.2, 0) is 21.3 Å². The number of hydrogen-bond acceptors (Lipinski definition) is 4. The van der Waals surface area contributed by atoms with E-state index in [9.17, 15) is 13.2 Å². The SMILES string of the molecule is COC(=O)c1cccc(C#CN(Cc2ccc(C)cc2)S(=O)(=O)c2ccc(C)cc2)c1-n1cccc1. The van der Waals surface area contributed by atoms with Gasteiger partial charge in [0.1, 0.15) is 0 Å². The molecule has 4 aromatic rings. The van der Waals surface area contributed by atoms with Gasteiger partial charge >= 0.3 is 5.97 Å². The molecule has 0 saturated heterocycles. The molecule has 182 valence electrons.